The van der Waals surface area contributed by atoms with Crippen LogP contribution >= 0.6 is 0 Å². The van der Waals surface area contributed by atoms with E-state index in [1.807, 2.05) is 6.92 Å². The van der Waals surface area contributed by atoms with Crippen molar-refractivity contribution in [1.29, 1.82) is 0 Å². The summed E-state index contributed by atoms with van der Waals surface area (Å²) in [6.45, 7) is 10.7. The largest absolute Gasteiger partial charge is 0.466 e. The van der Waals surface area contributed by atoms with Gasteiger partial charge in [-0.2, -0.15) is 0 Å². The number of ether oxygens (including phenoxy) is 2. The first kappa shape index (κ1) is 18.7. The maximum Gasteiger partial charge on any atom is 0.305 e. The van der Waals surface area contributed by atoms with E-state index < -0.39 is 0 Å². The van der Waals surface area contributed by atoms with E-state index in [0.717, 1.165) is 18.4 Å². The molecule has 0 aliphatic rings. The Hall–Kier alpha value is -1.32. The Balaban J connectivity index is 3.46. The van der Waals surface area contributed by atoms with Gasteiger partial charge in [-0.3, -0.25) is 9.59 Å². The molecule has 0 aromatic heterocycles. The van der Waals surface area contributed by atoms with Gasteiger partial charge in [0.2, 0.25) is 0 Å². The van der Waals surface area contributed by atoms with Crippen LogP contribution in [0.4, 0.5) is 0 Å². The molecule has 0 saturated carbocycles. The van der Waals surface area contributed by atoms with Crippen molar-refractivity contribution in [3.05, 3.63) is 12.2 Å². The second kappa shape index (κ2) is 11.5. The fourth-order valence-electron chi connectivity index (χ4n) is 1.54. The first-order valence-corrected chi connectivity index (χ1v) is 7.37. The van der Waals surface area contributed by atoms with Gasteiger partial charge in [-0.05, 0) is 32.1 Å². The molecule has 0 aliphatic heterocycles. The molecule has 0 aliphatic carbocycles. The molecule has 0 spiro atoms. The van der Waals surface area contributed by atoms with Crippen molar-refractivity contribution in [2.75, 3.05) is 13.2 Å². The van der Waals surface area contributed by atoms with Gasteiger partial charge in [-0.15, -0.1) is 6.58 Å². The highest BCUT2D eigenvalue weighted by atomic mass is 16.5. The van der Waals surface area contributed by atoms with Crippen molar-refractivity contribution < 1.29 is 19.1 Å². The van der Waals surface area contributed by atoms with Gasteiger partial charge in [0.05, 0.1) is 13.2 Å². The highest BCUT2D eigenvalue weighted by Crippen LogP contribution is 2.05. The molecule has 0 unspecified atom stereocenters. The molecule has 0 bridgehead atoms. The van der Waals surface area contributed by atoms with Crippen LogP contribution in [-0.2, 0) is 19.1 Å². The summed E-state index contributed by atoms with van der Waals surface area (Å²) in [7, 11) is 0. The lowest BCUT2D eigenvalue weighted by molar-refractivity contribution is -0.145. The summed E-state index contributed by atoms with van der Waals surface area (Å²) in [6.07, 6.45) is 3.65. The lowest BCUT2D eigenvalue weighted by Crippen LogP contribution is -2.09. The zero-order valence-electron chi connectivity index (χ0n) is 13.1. The predicted molar refractivity (Wildman–Crippen MR) is 79.3 cm³/mol. The van der Waals surface area contributed by atoms with Gasteiger partial charge in [0, 0.05) is 19.3 Å². The first-order chi connectivity index (χ1) is 9.41. The summed E-state index contributed by atoms with van der Waals surface area (Å²) in [6, 6.07) is 0. The number of carbonyl (C=O) groups is 2. The molecule has 0 fully saturated rings. The van der Waals surface area contributed by atoms with E-state index >= 15 is 0 Å². The van der Waals surface area contributed by atoms with E-state index in [0.29, 0.717) is 32.0 Å². The monoisotopic (exact) mass is 284 g/mol. The molecule has 0 aromatic rings. The van der Waals surface area contributed by atoms with Crippen LogP contribution in [0.2, 0.25) is 0 Å². The second-order valence-electron chi connectivity index (χ2n) is 5.54. The second-order valence-corrected chi connectivity index (χ2v) is 5.54. The zero-order chi connectivity index (χ0) is 15.4. The highest BCUT2D eigenvalue weighted by molar-refractivity contribution is 5.72. The summed E-state index contributed by atoms with van der Waals surface area (Å²) in [4.78, 5) is 22.7. The quantitative estimate of drug-likeness (QED) is 0.330. The Kier molecular flexibility index (Phi) is 10.7. The van der Waals surface area contributed by atoms with Gasteiger partial charge in [0.15, 0.2) is 0 Å². The molecule has 4 nitrogen and oxygen atoms in total. The van der Waals surface area contributed by atoms with Crippen LogP contribution in [0.3, 0.4) is 0 Å². The maximum atomic E-state index is 11.4. The van der Waals surface area contributed by atoms with Crippen molar-refractivity contribution in [1.82, 2.24) is 0 Å². The topological polar surface area (TPSA) is 52.6 Å². The smallest absolute Gasteiger partial charge is 0.305 e. The third kappa shape index (κ3) is 13.1. The third-order valence-electron chi connectivity index (χ3n) is 2.74. The fraction of sp³-hybridized carbons (Fsp3) is 0.750. The molecule has 0 saturated heterocycles. The summed E-state index contributed by atoms with van der Waals surface area (Å²) in [5.74, 6) is 0.130. The first-order valence-electron chi connectivity index (χ1n) is 7.37. The lowest BCUT2D eigenvalue weighted by atomic mass is 10.1. The van der Waals surface area contributed by atoms with Crippen molar-refractivity contribution in [2.45, 2.75) is 59.3 Å². The predicted octanol–water partition coefficient (Wildman–Crippen LogP) is 3.65. The van der Waals surface area contributed by atoms with E-state index in [-0.39, 0.29) is 24.8 Å². The number of carbonyl (C=O) groups excluding carboxylic acids is 2. The van der Waals surface area contributed by atoms with Crippen LogP contribution in [0.5, 0.6) is 0 Å². The Bertz CT molecular complexity index is 308. The fourth-order valence-corrected chi connectivity index (χ4v) is 1.54. The van der Waals surface area contributed by atoms with Gasteiger partial charge in [-0.25, -0.2) is 0 Å². The molecule has 0 radical (unpaired) electrons. The van der Waals surface area contributed by atoms with E-state index in [9.17, 15) is 9.59 Å². The Morgan fingerprint density at radius 3 is 2.00 bits per heavy atom. The molecule has 116 valence electrons. The summed E-state index contributed by atoms with van der Waals surface area (Å²) in [5, 5.41) is 0. The molecular weight excluding hydrogens is 256 g/mol. The summed E-state index contributed by atoms with van der Waals surface area (Å²) >= 11 is 0. The van der Waals surface area contributed by atoms with Gasteiger partial charge in [-0.1, -0.05) is 19.4 Å². The van der Waals surface area contributed by atoms with E-state index in [1.54, 1.807) is 0 Å². The average Bonchev–Trinajstić information content (AvgIpc) is 2.34. The van der Waals surface area contributed by atoms with E-state index in [2.05, 4.69) is 20.4 Å². The SMILES string of the molecule is C=C(C)CCOC(=O)CCCC(=O)OCCCC(C)C. The maximum absolute atomic E-state index is 11.4. The van der Waals surface area contributed by atoms with E-state index in [1.165, 1.54) is 0 Å². The van der Waals surface area contributed by atoms with Crippen molar-refractivity contribution in [3.63, 3.8) is 0 Å². The lowest BCUT2D eigenvalue weighted by Gasteiger charge is -2.07. The average molecular weight is 284 g/mol. The van der Waals surface area contributed by atoms with E-state index in [4.69, 9.17) is 9.47 Å². The van der Waals surface area contributed by atoms with Crippen molar-refractivity contribution >= 4 is 11.9 Å². The molecule has 0 aromatic carbocycles. The minimum Gasteiger partial charge on any atom is -0.466 e. The molecule has 0 atom stereocenters. The zero-order valence-corrected chi connectivity index (χ0v) is 13.1. The van der Waals surface area contributed by atoms with Crippen LogP contribution < -0.4 is 0 Å². The van der Waals surface area contributed by atoms with Gasteiger partial charge >= 0.3 is 11.9 Å². The number of hydrogen-bond acceptors (Lipinski definition) is 4. The number of hydrogen-bond donors (Lipinski definition) is 0. The van der Waals surface area contributed by atoms with Crippen LogP contribution in [-0.4, -0.2) is 25.2 Å². The minimum absolute atomic E-state index is 0.233. The molecule has 0 N–H and O–H groups in total. The van der Waals surface area contributed by atoms with Crippen LogP contribution in [0, 0.1) is 5.92 Å². The van der Waals surface area contributed by atoms with Crippen LogP contribution in [0.1, 0.15) is 59.3 Å². The summed E-state index contributed by atoms with van der Waals surface area (Å²) in [5.41, 5.74) is 0.989. The van der Waals surface area contributed by atoms with Crippen molar-refractivity contribution in [2.24, 2.45) is 5.92 Å². The standard InChI is InChI=1S/C16H28O4/c1-13(2)7-6-11-19-15(17)8-5-9-16(18)20-12-10-14(3)4/h13H,3,5-12H2,1-2,4H3. The molecule has 4 heteroatoms. The Morgan fingerprint density at radius 1 is 0.950 bits per heavy atom. The Morgan fingerprint density at radius 2 is 1.50 bits per heavy atom. The molecule has 0 amide bonds. The minimum atomic E-state index is -0.265. The van der Waals surface area contributed by atoms with Gasteiger partial charge in [0.25, 0.3) is 0 Å². The molecule has 20 heavy (non-hydrogen) atoms. The highest BCUT2D eigenvalue weighted by Gasteiger charge is 2.07. The normalized spacial score (nSPS) is 10.4. The summed E-state index contributed by atoms with van der Waals surface area (Å²) < 4.78 is 10.1. The van der Waals surface area contributed by atoms with Crippen LogP contribution in [0.25, 0.3) is 0 Å². The third-order valence-corrected chi connectivity index (χ3v) is 2.74. The van der Waals surface area contributed by atoms with Gasteiger partial charge < -0.3 is 9.47 Å². The Labute approximate surface area is 122 Å². The number of rotatable bonds is 11. The van der Waals surface area contributed by atoms with Gasteiger partial charge in [0.1, 0.15) is 0 Å². The molecular formula is C16H28O4. The van der Waals surface area contributed by atoms with Crippen molar-refractivity contribution in [3.8, 4) is 0 Å². The molecule has 0 rings (SSSR count). The number of esters is 2. The van der Waals surface area contributed by atoms with Crippen LogP contribution in [0.15, 0.2) is 12.2 Å². The molecule has 0 heterocycles.